The first-order chi connectivity index (χ1) is 8.85. The largest absolute Gasteiger partial charge is 0.573 e. The van der Waals surface area contributed by atoms with Gasteiger partial charge in [-0.15, -0.1) is 13.2 Å². The van der Waals surface area contributed by atoms with Crippen LogP contribution in [0.3, 0.4) is 0 Å². The predicted molar refractivity (Wildman–Crippen MR) is 63.3 cm³/mol. The molecule has 2 aromatic rings. The van der Waals surface area contributed by atoms with Gasteiger partial charge in [0.25, 0.3) is 0 Å². The third-order valence-corrected chi connectivity index (χ3v) is 2.43. The van der Waals surface area contributed by atoms with Crippen LogP contribution in [0.5, 0.6) is 5.75 Å². The summed E-state index contributed by atoms with van der Waals surface area (Å²) in [6.45, 7) is 1.78. The first-order valence-corrected chi connectivity index (χ1v) is 5.52. The molecule has 0 aliphatic heterocycles. The van der Waals surface area contributed by atoms with Crippen molar-refractivity contribution in [1.29, 1.82) is 0 Å². The topological polar surface area (TPSA) is 63.9 Å². The third kappa shape index (κ3) is 3.47. The molecular formula is C12H12F3N3O. The smallest absolute Gasteiger partial charge is 0.406 e. The zero-order chi connectivity index (χ0) is 14.0. The van der Waals surface area contributed by atoms with Crippen LogP contribution in [0.25, 0.3) is 11.3 Å². The highest BCUT2D eigenvalue weighted by molar-refractivity contribution is 5.59. The molecule has 1 aromatic carbocycles. The molecule has 1 unspecified atom stereocenters. The minimum Gasteiger partial charge on any atom is -0.406 e. The Hall–Kier alpha value is -2.02. The van der Waals surface area contributed by atoms with Crippen molar-refractivity contribution in [3.05, 3.63) is 36.3 Å². The zero-order valence-electron chi connectivity index (χ0n) is 10.0. The Bertz CT molecular complexity index is 546. The molecule has 0 spiro atoms. The van der Waals surface area contributed by atoms with Gasteiger partial charge in [-0.25, -0.2) is 4.98 Å². The van der Waals surface area contributed by atoms with Gasteiger partial charge in [0, 0.05) is 0 Å². The minimum absolute atomic E-state index is 0.235. The summed E-state index contributed by atoms with van der Waals surface area (Å²) in [5.41, 5.74) is 7.05. The summed E-state index contributed by atoms with van der Waals surface area (Å²) in [6, 6.07) is 5.28. The summed E-state index contributed by atoms with van der Waals surface area (Å²) < 4.78 is 39.8. The van der Waals surface area contributed by atoms with Gasteiger partial charge in [0.15, 0.2) is 0 Å². The molecule has 0 amide bonds. The van der Waals surface area contributed by atoms with Crippen LogP contribution in [0.15, 0.2) is 30.5 Å². The molecule has 1 heterocycles. The number of halogens is 3. The van der Waals surface area contributed by atoms with E-state index in [1.165, 1.54) is 24.3 Å². The SMILES string of the molecule is CC(N)c1ncc(-c2ccc(OC(F)(F)F)cc2)[nH]1. The fraction of sp³-hybridized carbons (Fsp3) is 0.250. The van der Waals surface area contributed by atoms with Crippen LogP contribution < -0.4 is 10.5 Å². The number of hydrogen-bond donors (Lipinski definition) is 2. The lowest BCUT2D eigenvalue weighted by Gasteiger charge is -2.08. The highest BCUT2D eigenvalue weighted by Crippen LogP contribution is 2.26. The average molecular weight is 271 g/mol. The van der Waals surface area contributed by atoms with E-state index in [-0.39, 0.29) is 11.8 Å². The summed E-state index contributed by atoms with van der Waals surface area (Å²) in [7, 11) is 0. The van der Waals surface area contributed by atoms with Crippen LogP contribution in [0, 0.1) is 0 Å². The van der Waals surface area contributed by atoms with Crippen molar-refractivity contribution in [3.63, 3.8) is 0 Å². The molecule has 2 rings (SSSR count). The van der Waals surface area contributed by atoms with E-state index in [1.54, 1.807) is 13.1 Å². The van der Waals surface area contributed by atoms with Crippen molar-refractivity contribution >= 4 is 0 Å². The first-order valence-electron chi connectivity index (χ1n) is 5.52. The highest BCUT2D eigenvalue weighted by atomic mass is 19.4. The number of rotatable bonds is 3. The molecule has 0 bridgehead atoms. The quantitative estimate of drug-likeness (QED) is 0.902. The molecule has 0 fully saturated rings. The van der Waals surface area contributed by atoms with Crippen LogP contribution >= 0.6 is 0 Å². The van der Waals surface area contributed by atoms with E-state index in [4.69, 9.17) is 5.73 Å². The molecule has 0 radical (unpaired) electrons. The molecule has 1 atom stereocenters. The lowest BCUT2D eigenvalue weighted by atomic mass is 10.2. The Morgan fingerprint density at radius 3 is 2.37 bits per heavy atom. The van der Waals surface area contributed by atoms with Gasteiger partial charge in [-0.1, -0.05) is 0 Å². The van der Waals surface area contributed by atoms with Gasteiger partial charge in [-0.05, 0) is 36.8 Å². The van der Waals surface area contributed by atoms with E-state index in [2.05, 4.69) is 14.7 Å². The number of nitrogens with zero attached hydrogens (tertiary/aromatic N) is 1. The number of imidazole rings is 1. The Labute approximate surface area is 107 Å². The van der Waals surface area contributed by atoms with Gasteiger partial charge in [0.05, 0.1) is 17.9 Å². The fourth-order valence-corrected chi connectivity index (χ4v) is 1.55. The predicted octanol–water partition coefficient (Wildman–Crippen LogP) is 3.00. The average Bonchev–Trinajstić information content (AvgIpc) is 2.77. The molecule has 1 aromatic heterocycles. The summed E-state index contributed by atoms with van der Waals surface area (Å²) >= 11 is 0. The van der Waals surface area contributed by atoms with Crippen LogP contribution in [0.2, 0.25) is 0 Å². The molecule has 4 nitrogen and oxygen atoms in total. The minimum atomic E-state index is -4.68. The van der Waals surface area contributed by atoms with E-state index in [9.17, 15) is 13.2 Å². The second kappa shape index (κ2) is 4.93. The Morgan fingerprint density at radius 1 is 1.26 bits per heavy atom. The van der Waals surface area contributed by atoms with Crippen LogP contribution in [-0.2, 0) is 0 Å². The monoisotopic (exact) mass is 271 g/mol. The maximum Gasteiger partial charge on any atom is 0.573 e. The number of nitrogens with two attached hydrogens (primary N) is 1. The molecule has 0 aliphatic carbocycles. The van der Waals surface area contributed by atoms with E-state index < -0.39 is 6.36 Å². The standard InChI is InChI=1S/C12H12F3N3O/c1-7(16)11-17-6-10(18-11)8-2-4-9(5-3-8)19-12(13,14)15/h2-7H,16H2,1H3,(H,17,18). The van der Waals surface area contributed by atoms with Gasteiger partial charge in [0.2, 0.25) is 0 Å². The van der Waals surface area contributed by atoms with Crippen LogP contribution in [-0.4, -0.2) is 16.3 Å². The Balaban J connectivity index is 2.17. The van der Waals surface area contributed by atoms with Crippen molar-refractivity contribution in [3.8, 4) is 17.0 Å². The highest BCUT2D eigenvalue weighted by Gasteiger charge is 2.30. The molecule has 19 heavy (non-hydrogen) atoms. The number of aromatic nitrogens is 2. The summed E-state index contributed by atoms with van der Waals surface area (Å²) in [5, 5.41) is 0. The molecule has 7 heteroatoms. The lowest BCUT2D eigenvalue weighted by molar-refractivity contribution is -0.274. The molecule has 0 aliphatic rings. The number of alkyl halides is 3. The van der Waals surface area contributed by atoms with Crippen molar-refractivity contribution in [2.45, 2.75) is 19.3 Å². The second-order valence-electron chi connectivity index (χ2n) is 4.04. The van der Waals surface area contributed by atoms with Gasteiger partial charge in [-0.2, -0.15) is 0 Å². The van der Waals surface area contributed by atoms with Gasteiger partial charge in [-0.3, -0.25) is 0 Å². The number of H-pyrrole nitrogens is 1. The van der Waals surface area contributed by atoms with Crippen LogP contribution in [0.4, 0.5) is 13.2 Å². The van der Waals surface area contributed by atoms with Gasteiger partial charge in [0.1, 0.15) is 11.6 Å². The molecule has 0 saturated carbocycles. The maximum absolute atomic E-state index is 12.0. The second-order valence-corrected chi connectivity index (χ2v) is 4.04. The van der Waals surface area contributed by atoms with Crippen molar-refractivity contribution in [2.24, 2.45) is 5.73 Å². The molecule has 3 N–H and O–H groups in total. The summed E-state index contributed by atoms with van der Waals surface area (Å²) in [6.07, 6.45) is -3.10. The van der Waals surface area contributed by atoms with E-state index >= 15 is 0 Å². The fourth-order valence-electron chi connectivity index (χ4n) is 1.55. The van der Waals surface area contributed by atoms with Crippen LogP contribution in [0.1, 0.15) is 18.8 Å². The van der Waals surface area contributed by atoms with Crippen molar-refractivity contribution in [2.75, 3.05) is 0 Å². The van der Waals surface area contributed by atoms with Crippen molar-refractivity contribution < 1.29 is 17.9 Å². The van der Waals surface area contributed by atoms with E-state index in [0.717, 1.165) is 0 Å². The van der Waals surface area contributed by atoms with Gasteiger partial charge < -0.3 is 15.5 Å². The number of aromatic amines is 1. The Kier molecular flexibility index (Phi) is 3.48. The van der Waals surface area contributed by atoms with E-state index in [0.29, 0.717) is 17.1 Å². The number of nitrogens with one attached hydrogen (secondary N) is 1. The summed E-state index contributed by atoms with van der Waals surface area (Å²) in [5.74, 6) is 0.355. The van der Waals surface area contributed by atoms with Gasteiger partial charge >= 0.3 is 6.36 Å². The van der Waals surface area contributed by atoms with E-state index in [1.807, 2.05) is 0 Å². The number of ether oxygens (including phenoxy) is 1. The molecule has 0 saturated heterocycles. The number of benzene rings is 1. The first kappa shape index (κ1) is 13.4. The number of hydrogen-bond acceptors (Lipinski definition) is 3. The summed E-state index contributed by atoms with van der Waals surface area (Å²) in [4.78, 5) is 7.08. The molecular weight excluding hydrogens is 259 g/mol. The third-order valence-electron chi connectivity index (χ3n) is 2.43. The van der Waals surface area contributed by atoms with Crippen molar-refractivity contribution in [1.82, 2.24) is 9.97 Å². The maximum atomic E-state index is 12.0. The molecule has 102 valence electrons. The zero-order valence-corrected chi connectivity index (χ0v) is 10.0. The Morgan fingerprint density at radius 2 is 1.89 bits per heavy atom. The normalized spacial score (nSPS) is 13.3. The lowest BCUT2D eigenvalue weighted by Crippen LogP contribution is -2.16.